The lowest BCUT2D eigenvalue weighted by Crippen LogP contribution is -2.04. The van der Waals surface area contributed by atoms with Gasteiger partial charge in [-0.2, -0.15) is 0 Å². The van der Waals surface area contributed by atoms with Crippen molar-refractivity contribution in [1.82, 2.24) is 9.38 Å². The minimum absolute atomic E-state index is 0.169. The van der Waals surface area contributed by atoms with E-state index in [0.717, 1.165) is 17.1 Å². The molecule has 2 aromatic rings. The maximum absolute atomic E-state index is 11.1. The molecule has 0 amide bonds. The fourth-order valence-electron chi connectivity index (χ4n) is 1.68. The number of carbonyl (C=O) groups is 1. The summed E-state index contributed by atoms with van der Waals surface area (Å²) >= 11 is 1.61. The van der Waals surface area contributed by atoms with Gasteiger partial charge in [-0.05, 0) is 12.8 Å². The van der Waals surface area contributed by atoms with E-state index in [4.69, 9.17) is 0 Å². The third-order valence-corrected chi connectivity index (χ3v) is 3.45. The summed E-state index contributed by atoms with van der Waals surface area (Å²) in [7, 11) is 1.42. The number of carbonyl (C=O) groups excluding carboxylic acids is 1. The zero-order valence-electron chi connectivity index (χ0n) is 9.40. The minimum Gasteiger partial charge on any atom is -0.469 e. The van der Waals surface area contributed by atoms with Gasteiger partial charge in [-0.25, -0.2) is 4.98 Å². The van der Waals surface area contributed by atoms with Crippen molar-refractivity contribution in [3.63, 3.8) is 0 Å². The Morgan fingerprint density at radius 2 is 2.38 bits per heavy atom. The molecule has 0 N–H and O–H groups in total. The number of rotatable bonds is 4. The first-order valence-corrected chi connectivity index (χ1v) is 6.13. The maximum atomic E-state index is 11.1. The monoisotopic (exact) mass is 238 g/mol. The molecule has 2 heterocycles. The van der Waals surface area contributed by atoms with Crippen LogP contribution in [0.15, 0.2) is 11.6 Å². The second-order valence-electron chi connectivity index (χ2n) is 3.52. The van der Waals surface area contributed by atoms with Crippen molar-refractivity contribution in [2.45, 2.75) is 26.2 Å². The van der Waals surface area contributed by atoms with Gasteiger partial charge in [0.1, 0.15) is 0 Å². The van der Waals surface area contributed by atoms with Gasteiger partial charge in [0.25, 0.3) is 0 Å². The lowest BCUT2D eigenvalue weighted by molar-refractivity contribution is -0.140. The van der Waals surface area contributed by atoms with Crippen molar-refractivity contribution in [2.75, 3.05) is 7.11 Å². The molecule has 0 spiro atoms. The predicted molar refractivity (Wildman–Crippen MR) is 62.8 cm³/mol. The zero-order valence-corrected chi connectivity index (χ0v) is 10.2. The molecule has 0 saturated heterocycles. The number of aryl methyl sites for hydroxylation is 2. The molecule has 0 saturated carbocycles. The van der Waals surface area contributed by atoms with Crippen LogP contribution in [0.1, 0.15) is 24.7 Å². The zero-order chi connectivity index (χ0) is 11.5. The number of fused-ring (bicyclic) bond motifs is 1. The summed E-state index contributed by atoms with van der Waals surface area (Å²) in [6.07, 6.45) is 3.97. The normalized spacial score (nSPS) is 10.9. The van der Waals surface area contributed by atoms with Crippen LogP contribution in [0.5, 0.6) is 0 Å². The molecular formula is C11H14N2O2S. The van der Waals surface area contributed by atoms with E-state index in [-0.39, 0.29) is 5.97 Å². The molecule has 0 atom stereocenters. The molecule has 0 fully saturated rings. The molecule has 0 bridgehead atoms. The van der Waals surface area contributed by atoms with Crippen LogP contribution in [0.3, 0.4) is 0 Å². The standard InChI is InChI=1S/C11H14N2O2S/c1-3-8-6-12-11-13(8)9(7-16-11)4-5-10(14)15-2/h6-7H,3-5H2,1-2H3. The minimum atomic E-state index is -0.169. The van der Waals surface area contributed by atoms with E-state index >= 15 is 0 Å². The summed E-state index contributed by atoms with van der Waals surface area (Å²) in [4.78, 5) is 16.4. The summed E-state index contributed by atoms with van der Waals surface area (Å²) in [5.41, 5.74) is 2.33. The van der Waals surface area contributed by atoms with Gasteiger partial charge in [0.2, 0.25) is 0 Å². The number of hydrogen-bond acceptors (Lipinski definition) is 4. The topological polar surface area (TPSA) is 43.6 Å². The Hall–Kier alpha value is -1.36. The van der Waals surface area contributed by atoms with Crippen molar-refractivity contribution in [1.29, 1.82) is 0 Å². The molecule has 0 unspecified atom stereocenters. The Balaban J connectivity index is 2.23. The maximum Gasteiger partial charge on any atom is 0.305 e. The molecule has 4 nitrogen and oxygen atoms in total. The molecule has 2 aromatic heterocycles. The highest BCUT2D eigenvalue weighted by Gasteiger charge is 2.10. The highest BCUT2D eigenvalue weighted by atomic mass is 32.1. The summed E-state index contributed by atoms with van der Waals surface area (Å²) < 4.78 is 6.77. The second-order valence-corrected chi connectivity index (χ2v) is 4.36. The average molecular weight is 238 g/mol. The van der Waals surface area contributed by atoms with E-state index in [0.29, 0.717) is 12.8 Å². The van der Waals surface area contributed by atoms with Gasteiger partial charge in [-0.1, -0.05) is 6.92 Å². The number of thiazole rings is 1. The van der Waals surface area contributed by atoms with Crippen molar-refractivity contribution in [3.8, 4) is 0 Å². The quantitative estimate of drug-likeness (QED) is 0.766. The van der Waals surface area contributed by atoms with Gasteiger partial charge in [-0.15, -0.1) is 11.3 Å². The summed E-state index contributed by atoms with van der Waals surface area (Å²) in [5.74, 6) is -0.169. The first-order valence-electron chi connectivity index (χ1n) is 5.25. The number of nitrogens with zero attached hydrogens (tertiary/aromatic N) is 2. The van der Waals surface area contributed by atoms with Crippen LogP contribution in [0.4, 0.5) is 0 Å². The van der Waals surface area contributed by atoms with E-state index in [2.05, 4.69) is 26.4 Å². The predicted octanol–water partition coefficient (Wildman–Crippen LogP) is 2.06. The van der Waals surface area contributed by atoms with E-state index in [1.165, 1.54) is 12.8 Å². The Morgan fingerprint density at radius 1 is 1.56 bits per heavy atom. The third kappa shape index (κ3) is 1.95. The highest BCUT2D eigenvalue weighted by molar-refractivity contribution is 7.15. The van der Waals surface area contributed by atoms with Gasteiger partial charge in [0.05, 0.1) is 19.7 Å². The molecule has 0 aromatic carbocycles. The number of methoxy groups -OCH3 is 1. The number of imidazole rings is 1. The van der Waals surface area contributed by atoms with Crippen LogP contribution >= 0.6 is 11.3 Å². The first kappa shape index (κ1) is 11.1. The van der Waals surface area contributed by atoms with Crippen molar-refractivity contribution in [3.05, 3.63) is 23.0 Å². The van der Waals surface area contributed by atoms with Crippen LogP contribution < -0.4 is 0 Å². The summed E-state index contributed by atoms with van der Waals surface area (Å²) in [5, 5.41) is 2.06. The van der Waals surface area contributed by atoms with Crippen LogP contribution in [-0.4, -0.2) is 22.5 Å². The SMILES string of the molecule is CCc1cnc2scc(CCC(=O)OC)n12. The molecule has 16 heavy (non-hydrogen) atoms. The van der Waals surface area contributed by atoms with Crippen molar-refractivity contribution < 1.29 is 9.53 Å². The lowest BCUT2D eigenvalue weighted by atomic mass is 10.2. The Bertz CT molecular complexity index is 501. The first-order chi connectivity index (χ1) is 7.76. The summed E-state index contributed by atoms with van der Waals surface area (Å²) in [6.45, 7) is 2.10. The number of esters is 1. The molecule has 86 valence electrons. The molecule has 0 aliphatic carbocycles. The molecule has 2 rings (SSSR count). The van der Waals surface area contributed by atoms with Crippen LogP contribution in [0.2, 0.25) is 0 Å². The second kappa shape index (κ2) is 4.65. The van der Waals surface area contributed by atoms with E-state index in [9.17, 15) is 4.79 Å². The van der Waals surface area contributed by atoms with Gasteiger partial charge in [0, 0.05) is 16.8 Å². The van der Waals surface area contributed by atoms with Gasteiger partial charge in [-0.3, -0.25) is 9.20 Å². The average Bonchev–Trinajstić information content (AvgIpc) is 2.87. The Labute approximate surface area is 97.9 Å². The smallest absolute Gasteiger partial charge is 0.305 e. The molecular weight excluding hydrogens is 224 g/mol. The molecule has 0 radical (unpaired) electrons. The summed E-state index contributed by atoms with van der Waals surface area (Å²) in [6, 6.07) is 0. The van der Waals surface area contributed by atoms with Crippen LogP contribution in [-0.2, 0) is 22.4 Å². The number of ether oxygens (including phenoxy) is 1. The fourth-order valence-corrected chi connectivity index (χ4v) is 2.60. The Kier molecular flexibility index (Phi) is 3.24. The van der Waals surface area contributed by atoms with Gasteiger partial charge in [0.15, 0.2) is 4.96 Å². The van der Waals surface area contributed by atoms with E-state index in [1.807, 2.05) is 6.20 Å². The molecule has 0 aliphatic heterocycles. The van der Waals surface area contributed by atoms with Crippen molar-refractivity contribution >= 4 is 22.3 Å². The van der Waals surface area contributed by atoms with Crippen LogP contribution in [0.25, 0.3) is 4.96 Å². The lowest BCUT2D eigenvalue weighted by Gasteiger charge is -2.01. The van der Waals surface area contributed by atoms with Crippen molar-refractivity contribution in [2.24, 2.45) is 0 Å². The Morgan fingerprint density at radius 3 is 3.06 bits per heavy atom. The van der Waals surface area contributed by atoms with Crippen LogP contribution in [0, 0.1) is 0 Å². The van der Waals surface area contributed by atoms with Gasteiger partial charge < -0.3 is 4.74 Å². The number of aromatic nitrogens is 2. The van der Waals surface area contributed by atoms with Gasteiger partial charge >= 0.3 is 5.97 Å². The van der Waals surface area contributed by atoms with E-state index < -0.39 is 0 Å². The fraction of sp³-hybridized carbons (Fsp3) is 0.455. The third-order valence-electron chi connectivity index (χ3n) is 2.57. The molecule has 5 heteroatoms. The highest BCUT2D eigenvalue weighted by Crippen LogP contribution is 2.19. The number of hydrogen-bond donors (Lipinski definition) is 0. The molecule has 0 aliphatic rings. The van der Waals surface area contributed by atoms with E-state index in [1.54, 1.807) is 11.3 Å². The largest absolute Gasteiger partial charge is 0.469 e.